The molecule has 0 bridgehead atoms. The highest BCUT2D eigenvalue weighted by Crippen LogP contribution is 2.21. The Bertz CT molecular complexity index is 428. The van der Waals surface area contributed by atoms with E-state index in [0.29, 0.717) is 11.2 Å². The first-order chi connectivity index (χ1) is 6.07. The number of fused-ring (bicyclic) bond motifs is 1. The summed E-state index contributed by atoms with van der Waals surface area (Å²) < 4.78 is 4.88. The second kappa shape index (κ2) is 2.52. The van der Waals surface area contributed by atoms with Gasteiger partial charge in [-0.05, 0) is 12.1 Å². The predicted octanol–water partition coefficient (Wildman–Crippen LogP) is 1.92. The van der Waals surface area contributed by atoms with Crippen molar-refractivity contribution in [3.8, 4) is 0 Å². The molecular formula is C9H11N3O. The Morgan fingerprint density at radius 1 is 1.23 bits per heavy atom. The fourth-order valence-electron chi connectivity index (χ4n) is 1.10. The van der Waals surface area contributed by atoms with Crippen LogP contribution < -0.4 is 0 Å². The van der Waals surface area contributed by atoms with Crippen molar-refractivity contribution in [1.29, 1.82) is 0 Å². The van der Waals surface area contributed by atoms with Gasteiger partial charge in [0, 0.05) is 10.7 Å². The van der Waals surface area contributed by atoms with Gasteiger partial charge in [0.2, 0.25) is 0 Å². The molecule has 0 saturated carbocycles. The van der Waals surface area contributed by atoms with Crippen molar-refractivity contribution in [2.75, 3.05) is 0 Å². The van der Waals surface area contributed by atoms with Gasteiger partial charge in [-0.1, -0.05) is 20.8 Å². The smallest absolute Gasteiger partial charge is 0.278 e. The van der Waals surface area contributed by atoms with Crippen LogP contribution in [0.25, 0.3) is 11.2 Å². The zero-order valence-corrected chi connectivity index (χ0v) is 7.90. The lowest BCUT2D eigenvalue weighted by Crippen LogP contribution is -2.12. The van der Waals surface area contributed by atoms with Gasteiger partial charge in [-0.2, -0.15) is 0 Å². The first kappa shape index (κ1) is 8.16. The van der Waals surface area contributed by atoms with Crippen molar-refractivity contribution in [1.82, 2.24) is 15.4 Å². The molecule has 0 unspecified atom stereocenters. The summed E-state index contributed by atoms with van der Waals surface area (Å²) in [6.07, 6.45) is 0. The maximum atomic E-state index is 4.88. The van der Waals surface area contributed by atoms with E-state index in [-0.39, 0.29) is 5.41 Å². The Labute approximate surface area is 75.9 Å². The molecule has 2 aromatic rings. The van der Waals surface area contributed by atoms with E-state index in [1.165, 1.54) is 0 Å². The Kier molecular flexibility index (Phi) is 1.58. The summed E-state index contributed by atoms with van der Waals surface area (Å²) in [5, 5.41) is 7.20. The van der Waals surface area contributed by atoms with Gasteiger partial charge in [0.15, 0.2) is 5.52 Å². The third kappa shape index (κ3) is 1.39. The maximum Gasteiger partial charge on any atom is 0.278 e. The molecule has 0 aromatic carbocycles. The highest BCUT2D eigenvalue weighted by atomic mass is 16.5. The third-order valence-corrected chi connectivity index (χ3v) is 1.88. The number of hydrogen-bond donors (Lipinski definition) is 0. The van der Waals surface area contributed by atoms with Gasteiger partial charge in [-0.25, -0.2) is 4.98 Å². The quantitative estimate of drug-likeness (QED) is 0.616. The van der Waals surface area contributed by atoms with Crippen LogP contribution in [0.15, 0.2) is 16.7 Å². The van der Waals surface area contributed by atoms with Crippen molar-refractivity contribution < 1.29 is 4.52 Å². The third-order valence-electron chi connectivity index (χ3n) is 1.88. The molecule has 2 heterocycles. The summed E-state index contributed by atoms with van der Waals surface area (Å²) in [6, 6.07) is 3.83. The van der Waals surface area contributed by atoms with Gasteiger partial charge in [0.05, 0.1) is 5.69 Å². The van der Waals surface area contributed by atoms with E-state index in [1.807, 2.05) is 12.1 Å². The molecule has 0 N–H and O–H groups in total. The fourth-order valence-corrected chi connectivity index (χ4v) is 1.10. The Morgan fingerprint density at radius 3 is 2.69 bits per heavy atom. The van der Waals surface area contributed by atoms with E-state index >= 15 is 0 Å². The molecule has 0 amide bonds. The first-order valence-corrected chi connectivity index (χ1v) is 4.17. The standard InChI is InChI=1S/C9H11N3O/c1-9(2,3)7-5-4-6-8(10-7)13-12-11-6/h4-5H,1-3H3. The highest BCUT2D eigenvalue weighted by molar-refractivity contribution is 5.66. The number of aromatic nitrogens is 3. The number of hydrogen-bond acceptors (Lipinski definition) is 4. The van der Waals surface area contributed by atoms with Crippen molar-refractivity contribution in [3.63, 3.8) is 0 Å². The van der Waals surface area contributed by atoms with E-state index in [1.54, 1.807) is 0 Å². The molecule has 68 valence electrons. The molecule has 0 aliphatic carbocycles. The van der Waals surface area contributed by atoms with E-state index < -0.39 is 0 Å². The molecule has 4 heteroatoms. The van der Waals surface area contributed by atoms with Crippen LogP contribution in [-0.2, 0) is 5.41 Å². The molecule has 0 aliphatic heterocycles. The van der Waals surface area contributed by atoms with Gasteiger partial charge in [-0.15, -0.1) is 5.10 Å². The Morgan fingerprint density at radius 2 is 2.00 bits per heavy atom. The summed E-state index contributed by atoms with van der Waals surface area (Å²) in [4.78, 5) is 4.31. The van der Waals surface area contributed by atoms with Crippen LogP contribution in [0, 0.1) is 0 Å². The van der Waals surface area contributed by atoms with Gasteiger partial charge >= 0.3 is 0 Å². The number of nitrogens with zero attached hydrogens (tertiary/aromatic N) is 3. The largest absolute Gasteiger partial charge is 0.316 e. The van der Waals surface area contributed by atoms with Crippen LogP contribution >= 0.6 is 0 Å². The Balaban J connectivity index is 2.61. The second-order valence-electron chi connectivity index (χ2n) is 4.04. The van der Waals surface area contributed by atoms with Crippen molar-refractivity contribution >= 4 is 11.2 Å². The summed E-state index contributed by atoms with van der Waals surface area (Å²) in [7, 11) is 0. The molecule has 0 aliphatic rings. The van der Waals surface area contributed by atoms with E-state index in [4.69, 9.17) is 4.52 Å². The van der Waals surface area contributed by atoms with Crippen LogP contribution in [-0.4, -0.2) is 15.4 Å². The average Bonchev–Trinajstić information content (AvgIpc) is 2.47. The lowest BCUT2D eigenvalue weighted by molar-refractivity contribution is 0.415. The normalized spacial score (nSPS) is 12.2. The molecule has 4 nitrogen and oxygen atoms in total. The minimum Gasteiger partial charge on any atom is -0.316 e. The van der Waals surface area contributed by atoms with Crippen molar-refractivity contribution in [3.05, 3.63) is 17.8 Å². The lowest BCUT2D eigenvalue weighted by atomic mass is 9.92. The van der Waals surface area contributed by atoms with Crippen LogP contribution in [0.3, 0.4) is 0 Å². The number of rotatable bonds is 0. The van der Waals surface area contributed by atoms with Crippen LogP contribution in [0.5, 0.6) is 0 Å². The molecule has 0 saturated heterocycles. The molecule has 0 fully saturated rings. The van der Waals surface area contributed by atoms with Crippen LogP contribution in [0.1, 0.15) is 26.5 Å². The summed E-state index contributed by atoms with van der Waals surface area (Å²) in [5.41, 5.74) is 2.22. The molecule has 2 aromatic heterocycles. The molecule has 0 radical (unpaired) electrons. The van der Waals surface area contributed by atoms with Gasteiger partial charge in [-0.3, -0.25) is 0 Å². The zero-order valence-electron chi connectivity index (χ0n) is 7.90. The molecular weight excluding hydrogens is 166 g/mol. The van der Waals surface area contributed by atoms with Crippen LogP contribution in [0.4, 0.5) is 0 Å². The van der Waals surface area contributed by atoms with E-state index in [9.17, 15) is 0 Å². The molecule has 13 heavy (non-hydrogen) atoms. The molecule has 0 spiro atoms. The maximum absolute atomic E-state index is 4.88. The highest BCUT2D eigenvalue weighted by Gasteiger charge is 2.16. The SMILES string of the molecule is CC(C)(C)c1ccc2nnoc2n1. The average molecular weight is 177 g/mol. The van der Waals surface area contributed by atoms with Gasteiger partial charge in [0.25, 0.3) is 5.71 Å². The minimum atomic E-state index is 0.0287. The first-order valence-electron chi connectivity index (χ1n) is 4.17. The van der Waals surface area contributed by atoms with Gasteiger partial charge in [0.1, 0.15) is 0 Å². The summed E-state index contributed by atoms with van der Waals surface area (Å²) in [5.74, 6) is 0. The zero-order chi connectivity index (χ0) is 9.47. The molecule has 0 atom stereocenters. The summed E-state index contributed by atoms with van der Waals surface area (Å²) in [6.45, 7) is 6.31. The van der Waals surface area contributed by atoms with Crippen molar-refractivity contribution in [2.24, 2.45) is 0 Å². The predicted molar refractivity (Wildman–Crippen MR) is 48.3 cm³/mol. The lowest BCUT2D eigenvalue weighted by Gasteiger charge is -2.16. The second-order valence-corrected chi connectivity index (χ2v) is 4.04. The Hall–Kier alpha value is -1.45. The van der Waals surface area contributed by atoms with E-state index in [2.05, 4.69) is 36.1 Å². The van der Waals surface area contributed by atoms with Crippen LogP contribution in [0.2, 0.25) is 0 Å². The van der Waals surface area contributed by atoms with Crippen molar-refractivity contribution in [2.45, 2.75) is 26.2 Å². The fraction of sp³-hybridized carbons (Fsp3) is 0.444. The monoisotopic (exact) mass is 177 g/mol. The van der Waals surface area contributed by atoms with Gasteiger partial charge < -0.3 is 4.52 Å². The molecule has 2 rings (SSSR count). The topological polar surface area (TPSA) is 51.8 Å². The number of pyridine rings is 1. The summed E-state index contributed by atoms with van der Waals surface area (Å²) >= 11 is 0. The minimum absolute atomic E-state index is 0.0287. The van der Waals surface area contributed by atoms with E-state index in [0.717, 1.165) is 5.69 Å².